The molecule has 5 aromatic carbocycles. The Labute approximate surface area is 368 Å². The standard InChI is InChI=1S/C53H33Br2N5O/c54-48-49(55)52-47(35-22-12-4-13-23-35)42-29-28-40(58-42)45(33-18-8-2-9-19-33)50-37(38(31-56)53(61)36-24-14-5-15-25-36)30-43(59-50)44(32-16-6-1-7-17-32)39-26-27-41(57-39)46(51(48)60-52)34-20-10-3-11-21-34/h1-30,38,57-58H. The lowest BCUT2D eigenvalue weighted by atomic mass is 9.87. The van der Waals surface area contributed by atoms with E-state index in [0.29, 0.717) is 22.5 Å². The van der Waals surface area contributed by atoms with Gasteiger partial charge in [-0.05, 0) is 84.5 Å². The van der Waals surface area contributed by atoms with Crippen molar-refractivity contribution in [3.8, 4) is 50.6 Å². The smallest absolute Gasteiger partial charge is 0.184 e. The van der Waals surface area contributed by atoms with E-state index < -0.39 is 5.92 Å². The summed E-state index contributed by atoms with van der Waals surface area (Å²) in [6.45, 7) is 0. The van der Waals surface area contributed by atoms with Crippen LogP contribution in [0.15, 0.2) is 176 Å². The third-order valence-corrected chi connectivity index (χ3v) is 13.1. The van der Waals surface area contributed by atoms with Gasteiger partial charge >= 0.3 is 0 Å². The summed E-state index contributed by atoms with van der Waals surface area (Å²) in [5, 5.41) is 11.0. The van der Waals surface area contributed by atoms with Crippen LogP contribution in [0.3, 0.4) is 0 Å². The van der Waals surface area contributed by atoms with Crippen molar-refractivity contribution in [1.82, 2.24) is 19.9 Å². The molecule has 2 N–H and O–H groups in total. The molecule has 2 aliphatic rings. The van der Waals surface area contributed by atoms with E-state index in [0.717, 1.165) is 86.9 Å². The lowest BCUT2D eigenvalue weighted by molar-refractivity contribution is 0.0972. The number of benzene rings is 5. The molecule has 8 heteroatoms. The van der Waals surface area contributed by atoms with Gasteiger partial charge in [0.2, 0.25) is 0 Å². The molecule has 61 heavy (non-hydrogen) atoms. The number of carbonyl (C=O) groups is 1. The van der Waals surface area contributed by atoms with E-state index in [1.165, 1.54) is 0 Å². The number of rotatable bonds is 7. The van der Waals surface area contributed by atoms with Crippen LogP contribution in [0.2, 0.25) is 0 Å². The highest BCUT2D eigenvalue weighted by molar-refractivity contribution is 9.18. The molecule has 8 aromatic rings. The minimum atomic E-state index is -1.16. The summed E-state index contributed by atoms with van der Waals surface area (Å²) >= 11 is 7.97. The molecule has 2 aliphatic heterocycles. The first-order chi connectivity index (χ1) is 30.0. The van der Waals surface area contributed by atoms with Crippen LogP contribution < -0.4 is 0 Å². The molecule has 1 atom stereocenters. The average molecular weight is 916 g/mol. The Hall–Kier alpha value is -7.18. The number of halogens is 2. The van der Waals surface area contributed by atoms with E-state index in [4.69, 9.17) is 9.97 Å². The molecule has 0 saturated heterocycles. The first kappa shape index (κ1) is 38.0. The fraction of sp³-hybridized carbons (Fsp3) is 0.0189. The lowest BCUT2D eigenvalue weighted by Crippen LogP contribution is -2.14. The summed E-state index contributed by atoms with van der Waals surface area (Å²) in [4.78, 5) is 33.0. The molecule has 290 valence electrons. The first-order valence-electron chi connectivity index (χ1n) is 19.8. The number of nitriles is 1. The Balaban J connectivity index is 1.43. The number of hydrogen-bond donors (Lipinski definition) is 2. The fourth-order valence-electron chi connectivity index (χ4n) is 8.26. The maximum Gasteiger partial charge on any atom is 0.184 e. The number of hydrogen-bond acceptors (Lipinski definition) is 4. The molecule has 0 saturated carbocycles. The predicted octanol–water partition coefficient (Wildman–Crippen LogP) is 14.2. The number of allylic oxidation sites excluding steroid dienone is 1. The van der Waals surface area contributed by atoms with Gasteiger partial charge < -0.3 is 9.97 Å². The van der Waals surface area contributed by atoms with E-state index in [1.54, 1.807) is 12.1 Å². The zero-order chi connectivity index (χ0) is 41.5. The highest BCUT2D eigenvalue weighted by atomic mass is 79.9. The summed E-state index contributed by atoms with van der Waals surface area (Å²) < 4.78 is 1.63. The number of Topliss-reactive ketones (excluding diaryl/α,β-unsaturated/α-hetero) is 1. The van der Waals surface area contributed by atoms with Crippen molar-refractivity contribution in [2.75, 3.05) is 0 Å². The van der Waals surface area contributed by atoms with Crippen molar-refractivity contribution < 1.29 is 4.79 Å². The van der Waals surface area contributed by atoms with Crippen molar-refractivity contribution in [2.45, 2.75) is 0 Å². The van der Waals surface area contributed by atoms with Gasteiger partial charge in [-0.1, -0.05) is 152 Å². The molecule has 0 fully saturated rings. The first-order valence-corrected chi connectivity index (χ1v) is 21.4. The third-order valence-electron chi connectivity index (χ3n) is 11.1. The van der Waals surface area contributed by atoms with Crippen molar-refractivity contribution >= 4 is 80.3 Å². The predicted molar refractivity (Wildman–Crippen MR) is 255 cm³/mol. The summed E-state index contributed by atoms with van der Waals surface area (Å²) in [6, 6.07) is 60.3. The Morgan fingerprint density at radius 3 is 1.25 bits per heavy atom. The van der Waals surface area contributed by atoms with E-state index in [-0.39, 0.29) is 5.78 Å². The molecule has 0 aliphatic carbocycles. The maximum atomic E-state index is 14.5. The zero-order valence-corrected chi connectivity index (χ0v) is 35.6. The molecule has 0 amide bonds. The molecule has 6 nitrogen and oxygen atoms in total. The van der Waals surface area contributed by atoms with Gasteiger partial charge in [0.25, 0.3) is 0 Å². The van der Waals surface area contributed by atoms with E-state index in [9.17, 15) is 10.1 Å². The monoisotopic (exact) mass is 913 g/mol. The second-order valence-electron chi connectivity index (χ2n) is 14.7. The SMILES string of the molecule is N#CC(C(=O)c1ccccc1)C1=Cc2nc1c(-c1ccccc1)c1ccc([nH]1)c(-c1ccccc1)c1nc(c(-c3ccccc3)c3ccc([nH]3)c2-c2ccccc2)C(Br)=C1Br. The Kier molecular flexibility index (Phi) is 10.1. The molecule has 8 bridgehead atoms. The Bertz CT molecular complexity index is 3280. The summed E-state index contributed by atoms with van der Waals surface area (Å²) in [6.07, 6.45) is 1.93. The third kappa shape index (κ3) is 6.88. The number of fused-ring (bicyclic) bond motifs is 8. The van der Waals surface area contributed by atoms with Gasteiger partial charge in [-0.25, -0.2) is 9.97 Å². The molecule has 3 aromatic heterocycles. The lowest BCUT2D eigenvalue weighted by Gasteiger charge is -2.13. The van der Waals surface area contributed by atoms with E-state index in [2.05, 4.69) is 102 Å². The highest BCUT2D eigenvalue weighted by Gasteiger charge is 2.32. The van der Waals surface area contributed by atoms with Crippen LogP contribution in [0, 0.1) is 17.2 Å². The van der Waals surface area contributed by atoms with Crippen LogP contribution in [0.5, 0.6) is 0 Å². The minimum absolute atomic E-state index is 0.299. The van der Waals surface area contributed by atoms with E-state index in [1.807, 2.05) is 115 Å². The topological polar surface area (TPSA) is 98.2 Å². The molecular formula is C53H33Br2N5O. The number of ketones is 1. The molecule has 0 radical (unpaired) electrons. The molecular weight excluding hydrogens is 882 g/mol. The molecule has 10 rings (SSSR count). The molecule has 1 unspecified atom stereocenters. The van der Waals surface area contributed by atoms with Crippen molar-refractivity contribution in [3.05, 3.63) is 204 Å². The fourth-order valence-corrected chi connectivity index (χ4v) is 9.21. The van der Waals surface area contributed by atoms with Crippen LogP contribution in [0.25, 0.3) is 87.2 Å². The van der Waals surface area contributed by atoms with Crippen LogP contribution >= 0.6 is 31.9 Å². The number of carbonyl (C=O) groups excluding carboxylic acids is 1. The van der Waals surface area contributed by atoms with Gasteiger partial charge in [-0.2, -0.15) is 5.26 Å². The van der Waals surface area contributed by atoms with Gasteiger partial charge in [0.1, 0.15) is 5.92 Å². The average Bonchev–Trinajstić information content (AvgIpc) is 4.13. The van der Waals surface area contributed by atoms with Gasteiger partial charge in [0.05, 0.1) is 37.8 Å². The Morgan fingerprint density at radius 2 is 0.836 bits per heavy atom. The number of nitrogens with one attached hydrogen (secondary N) is 2. The van der Waals surface area contributed by atoms with Crippen molar-refractivity contribution in [3.63, 3.8) is 0 Å². The summed E-state index contributed by atoms with van der Waals surface area (Å²) in [5.41, 5.74) is 14.0. The number of nitrogens with zero attached hydrogens (tertiary/aromatic N) is 3. The maximum absolute atomic E-state index is 14.5. The Morgan fingerprint density at radius 1 is 0.475 bits per heavy atom. The highest BCUT2D eigenvalue weighted by Crippen LogP contribution is 2.48. The molecule has 0 spiro atoms. The van der Waals surface area contributed by atoms with Crippen LogP contribution in [0.4, 0.5) is 0 Å². The van der Waals surface area contributed by atoms with Gasteiger partial charge in [0, 0.05) is 55.5 Å². The largest absolute Gasteiger partial charge is 0.354 e. The van der Waals surface area contributed by atoms with Crippen LogP contribution in [-0.4, -0.2) is 25.7 Å². The van der Waals surface area contributed by atoms with Crippen LogP contribution in [-0.2, 0) is 0 Å². The number of aromatic amines is 2. The summed E-state index contributed by atoms with van der Waals surface area (Å²) in [5.74, 6) is -1.46. The number of aromatic nitrogens is 4. The van der Waals surface area contributed by atoms with Crippen LogP contribution in [0.1, 0.15) is 33.1 Å². The summed E-state index contributed by atoms with van der Waals surface area (Å²) in [7, 11) is 0. The van der Waals surface area contributed by atoms with Gasteiger partial charge in [-0.3, -0.25) is 4.79 Å². The van der Waals surface area contributed by atoms with Gasteiger partial charge in [0.15, 0.2) is 5.78 Å². The van der Waals surface area contributed by atoms with Gasteiger partial charge in [-0.15, -0.1) is 0 Å². The molecule has 5 heterocycles. The number of H-pyrrole nitrogens is 2. The van der Waals surface area contributed by atoms with E-state index >= 15 is 0 Å². The minimum Gasteiger partial charge on any atom is -0.354 e. The second-order valence-corrected chi connectivity index (χ2v) is 16.3. The normalized spacial score (nSPS) is 12.8. The second kappa shape index (κ2) is 16.1. The van der Waals surface area contributed by atoms with Crippen molar-refractivity contribution in [1.29, 1.82) is 5.26 Å². The zero-order valence-electron chi connectivity index (χ0n) is 32.4. The van der Waals surface area contributed by atoms with Crippen molar-refractivity contribution in [2.24, 2.45) is 5.92 Å². The quantitative estimate of drug-likeness (QED) is 0.156.